The van der Waals surface area contributed by atoms with E-state index in [2.05, 4.69) is 16.8 Å². The summed E-state index contributed by atoms with van der Waals surface area (Å²) >= 11 is 5.75. The number of rotatable bonds is 6. The second kappa shape index (κ2) is 6.64. The van der Waals surface area contributed by atoms with Crippen molar-refractivity contribution < 1.29 is 4.74 Å². The van der Waals surface area contributed by atoms with Crippen LogP contribution in [0.5, 0.6) is 0 Å². The first-order valence-corrected chi connectivity index (χ1v) is 5.61. The van der Waals surface area contributed by atoms with E-state index in [0.717, 1.165) is 24.6 Å². The van der Waals surface area contributed by atoms with Gasteiger partial charge in [-0.15, -0.1) is 11.6 Å². The minimum absolute atomic E-state index is 0.454. The van der Waals surface area contributed by atoms with Gasteiger partial charge in [-0.2, -0.15) is 0 Å². The van der Waals surface area contributed by atoms with E-state index in [9.17, 15) is 0 Å². The summed E-state index contributed by atoms with van der Waals surface area (Å²) in [6, 6.07) is 5.91. The van der Waals surface area contributed by atoms with Crippen LogP contribution >= 0.6 is 11.6 Å². The van der Waals surface area contributed by atoms with E-state index in [-0.39, 0.29) is 0 Å². The monoisotopic (exact) mass is 228 g/mol. The van der Waals surface area contributed by atoms with Gasteiger partial charge in [-0.1, -0.05) is 6.07 Å². The molecule has 0 aliphatic heterocycles. The first-order chi connectivity index (χ1) is 7.31. The second-order valence-electron chi connectivity index (χ2n) is 3.19. The van der Waals surface area contributed by atoms with Crippen LogP contribution in [0.15, 0.2) is 18.2 Å². The number of alkyl halides is 1. The van der Waals surface area contributed by atoms with Crippen molar-refractivity contribution in [2.75, 3.05) is 31.7 Å². The number of anilines is 1. The van der Waals surface area contributed by atoms with Gasteiger partial charge in [-0.3, -0.25) is 0 Å². The Morgan fingerprint density at radius 2 is 2.27 bits per heavy atom. The fourth-order valence-electron chi connectivity index (χ4n) is 1.35. The molecule has 0 bridgehead atoms. The van der Waals surface area contributed by atoms with E-state index in [1.165, 1.54) is 0 Å². The molecule has 0 aliphatic rings. The Labute approximate surface area is 96.0 Å². The van der Waals surface area contributed by atoms with Crippen LogP contribution in [0.4, 0.5) is 5.82 Å². The average Bonchev–Trinajstić information content (AvgIpc) is 2.30. The number of halogens is 1. The molecule has 1 heterocycles. The van der Waals surface area contributed by atoms with Gasteiger partial charge in [0, 0.05) is 20.2 Å². The Morgan fingerprint density at radius 1 is 1.47 bits per heavy atom. The maximum atomic E-state index is 5.75. The summed E-state index contributed by atoms with van der Waals surface area (Å²) in [6.07, 6.45) is 0. The van der Waals surface area contributed by atoms with Gasteiger partial charge in [0.25, 0.3) is 0 Å². The Kier molecular flexibility index (Phi) is 5.43. The minimum Gasteiger partial charge on any atom is -0.383 e. The summed E-state index contributed by atoms with van der Waals surface area (Å²) in [4.78, 5) is 6.62. The lowest BCUT2D eigenvalue weighted by atomic mass is 10.3. The first-order valence-electron chi connectivity index (χ1n) is 5.07. The van der Waals surface area contributed by atoms with Crippen molar-refractivity contribution in [1.29, 1.82) is 0 Å². The van der Waals surface area contributed by atoms with E-state index in [0.29, 0.717) is 12.5 Å². The quantitative estimate of drug-likeness (QED) is 0.699. The summed E-state index contributed by atoms with van der Waals surface area (Å²) in [5.41, 5.74) is 0.907. The van der Waals surface area contributed by atoms with E-state index in [1.807, 2.05) is 18.2 Å². The predicted octanol–water partition coefficient (Wildman–Crippen LogP) is 2.29. The molecule has 0 unspecified atom stereocenters. The highest BCUT2D eigenvalue weighted by atomic mass is 35.5. The molecule has 0 amide bonds. The number of nitrogens with zero attached hydrogens (tertiary/aromatic N) is 2. The van der Waals surface area contributed by atoms with Crippen LogP contribution in [-0.4, -0.2) is 31.8 Å². The van der Waals surface area contributed by atoms with E-state index < -0.39 is 0 Å². The van der Waals surface area contributed by atoms with E-state index in [1.54, 1.807) is 7.11 Å². The normalized spacial score (nSPS) is 10.3. The lowest BCUT2D eigenvalue weighted by Gasteiger charge is -2.21. The highest BCUT2D eigenvalue weighted by Gasteiger charge is 2.05. The van der Waals surface area contributed by atoms with Gasteiger partial charge in [-0.25, -0.2) is 4.98 Å². The van der Waals surface area contributed by atoms with Crippen molar-refractivity contribution in [2.45, 2.75) is 12.8 Å². The summed E-state index contributed by atoms with van der Waals surface area (Å²) in [5.74, 6) is 1.42. The smallest absolute Gasteiger partial charge is 0.128 e. The molecule has 0 aliphatic carbocycles. The largest absolute Gasteiger partial charge is 0.383 e. The van der Waals surface area contributed by atoms with Crippen molar-refractivity contribution in [3.05, 3.63) is 23.9 Å². The minimum atomic E-state index is 0.454. The van der Waals surface area contributed by atoms with Crippen LogP contribution in [0.3, 0.4) is 0 Å². The van der Waals surface area contributed by atoms with Crippen molar-refractivity contribution >= 4 is 17.4 Å². The molecular weight excluding hydrogens is 212 g/mol. The standard InChI is InChI=1S/C11H17ClN2O/c1-3-14(7-8-15-2)11-6-4-5-10(9-12)13-11/h4-6H,3,7-9H2,1-2H3. The summed E-state index contributed by atoms with van der Waals surface area (Å²) in [7, 11) is 1.70. The van der Waals surface area contributed by atoms with Crippen LogP contribution in [0, 0.1) is 0 Å². The maximum Gasteiger partial charge on any atom is 0.128 e. The maximum absolute atomic E-state index is 5.75. The van der Waals surface area contributed by atoms with E-state index in [4.69, 9.17) is 16.3 Å². The highest BCUT2D eigenvalue weighted by molar-refractivity contribution is 6.16. The zero-order valence-electron chi connectivity index (χ0n) is 9.24. The van der Waals surface area contributed by atoms with Gasteiger partial charge < -0.3 is 9.64 Å². The SMILES string of the molecule is CCN(CCOC)c1cccc(CCl)n1. The van der Waals surface area contributed by atoms with Gasteiger partial charge in [0.1, 0.15) is 5.82 Å². The molecular formula is C11H17ClN2O. The third-order valence-electron chi connectivity index (χ3n) is 2.20. The molecule has 0 atom stereocenters. The number of ether oxygens (including phenoxy) is 1. The van der Waals surface area contributed by atoms with Crippen molar-refractivity contribution in [3.63, 3.8) is 0 Å². The molecule has 0 radical (unpaired) electrons. The van der Waals surface area contributed by atoms with Crippen LogP contribution in [0.25, 0.3) is 0 Å². The van der Waals surface area contributed by atoms with Gasteiger partial charge >= 0.3 is 0 Å². The average molecular weight is 229 g/mol. The molecule has 1 rings (SSSR count). The number of methoxy groups -OCH3 is 1. The van der Waals surface area contributed by atoms with Crippen molar-refractivity contribution in [1.82, 2.24) is 4.98 Å². The third kappa shape index (κ3) is 3.68. The molecule has 0 saturated heterocycles. The van der Waals surface area contributed by atoms with Crippen molar-refractivity contribution in [2.24, 2.45) is 0 Å². The lowest BCUT2D eigenvalue weighted by molar-refractivity contribution is 0.205. The molecule has 0 fully saturated rings. The summed E-state index contributed by atoms with van der Waals surface area (Å²) < 4.78 is 5.06. The topological polar surface area (TPSA) is 25.4 Å². The van der Waals surface area contributed by atoms with Crippen LogP contribution in [0.2, 0.25) is 0 Å². The summed E-state index contributed by atoms with van der Waals surface area (Å²) in [6.45, 7) is 4.58. The molecule has 1 aromatic heterocycles. The second-order valence-corrected chi connectivity index (χ2v) is 3.46. The Hall–Kier alpha value is -0.800. The predicted molar refractivity (Wildman–Crippen MR) is 63.6 cm³/mol. The van der Waals surface area contributed by atoms with Crippen LogP contribution in [0.1, 0.15) is 12.6 Å². The first kappa shape index (κ1) is 12.3. The molecule has 4 heteroatoms. The fraction of sp³-hybridized carbons (Fsp3) is 0.545. The molecule has 1 aromatic rings. The lowest BCUT2D eigenvalue weighted by Crippen LogP contribution is -2.27. The molecule has 0 spiro atoms. The molecule has 0 aromatic carbocycles. The number of pyridine rings is 1. The highest BCUT2D eigenvalue weighted by Crippen LogP contribution is 2.12. The Balaban J connectivity index is 2.72. The Bertz CT molecular complexity index is 294. The number of likely N-dealkylation sites (N-methyl/N-ethyl adjacent to an activating group) is 1. The molecule has 3 nitrogen and oxygen atoms in total. The zero-order chi connectivity index (χ0) is 11.1. The van der Waals surface area contributed by atoms with Gasteiger partial charge in [-0.05, 0) is 19.1 Å². The van der Waals surface area contributed by atoms with Crippen LogP contribution in [-0.2, 0) is 10.6 Å². The van der Waals surface area contributed by atoms with Gasteiger partial charge in [0.15, 0.2) is 0 Å². The van der Waals surface area contributed by atoms with Gasteiger partial charge in [0.05, 0.1) is 18.2 Å². The number of hydrogen-bond donors (Lipinski definition) is 0. The van der Waals surface area contributed by atoms with Crippen molar-refractivity contribution in [3.8, 4) is 0 Å². The van der Waals surface area contributed by atoms with Crippen LogP contribution < -0.4 is 4.90 Å². The van der Waals surface area contributed by atoms with E-state index >= 15 is 0 Å². The molecule has 0 N–H and O–H groups in total. The van der Waals surface area contributed by atoms with Gasteiger partial charge in [0.2, 0.25) is 0 Å². The number of aromatic nitrogens is 1. The summed E-state index contributed by atoms with van der Waals surface area (Å²) in [5, 5.41) is 0. The molecule has 0 saturated carbocycles. The Morgan fingerprint density at radius 3 is 2.87 bits per heavy atom. The fourth-order valence-corrected chi connectivity index (χ4v) is 1.50. The molecule has 84 valence electrons. The third-order valence-corrected chi connectivity index (χ3v) is 2.47. The number of hydrogen-bond acceptors (Lipinski definition) is 3. The molecule has 15 heavy (non-hydrogen) atoms. The zero-order valence-corrected chi connectivity index (χ0v) is 10.00.